The van der Waals surface area contributed by atoms with E-state index in [0.29, 0.717) is 6.42 Å². The highest BCUT2D eigenvalue weighted by molar-refractivity contribution is 5.79. The zero-order chi connectivity index (χ0) is 13.8. The largest absolute Gasteiger partial charge is 0.394 e. The average molecular weight is 261 g/mol. The molecule has 1 unspecified atom stereocenters. The molecule has 0 radical (unpaired) electrons. The van der Waals surface area contributed by atoms with E-state index in [1.807, 2.05) is 11.0 Å². The summed E-state index contributed by atoms with van der Waals surface area (Å²) in [7, 11) is 0. The lowest BCUT2D eigenvalue weighted by Gasteiger charge is -2.34. The van der Waals surface area contributed by atoms with Gasteiger partial charge < -0.3 is 10.0 Å². The summed E-state index contributed by atoms with van der Waals surface area (Å²) in [5.41, 5.74) is 3.54. The highest BCUT2D eigenvalue weighted by Gasteiger charge is 2.25. The van der Waals surface area contributed by atoms with Crippen molar-refractivity contribution in [3.63, 3.8) is 0 Å². The van der Waals surface area contributed by atoms with Crippen molar-refractivity contribution in [3.8, 4) is 0 Å². The lowest BCUT2D eigenvalue weighted by atomic mass is 10.00. The number of carbonyl (C=O) groups excluding carboxylic acids is 1. The number of hydrogen-bond donors (Lipinski definition) is 1. The molecule has 0 spiro atoms. The average Bonchev–Trinajstić information content (AvgIpc) is 2.43. The number of hydrogen-bond acceptors (Lipinski definition) is 2. The van der Waals surface area contributed by atoms with Crippen molar-refractivity contribution in [1.29, 1.82) is 0 Å². The molecule has 3 nitrogen and oxygen atoms in total. The van der Waals surface area contributed by atoms with Crippen LogP contribution < -0.4 is 0 Å². The van der Waals surface area contributed by atoms with Crippen LogP contribution >= 0.6 is 0 Å². The molecule has 0 aliphatic carbocycles. The summed E-state index contributed by atoms with van der Waals surface area (Å²) in [4.78, 5) is 14.2. The number of carbonyl (C=O) groups is 1. The van der Waals surface area contributed by atoms with Gasteiger partial charge >= 0.3 is 0 Å². The van der Waals surface area contributed by atoms with Crippen molar-refractivity contribution in [1.82, 2.24) is 4.90 Å². The Hall–Kier alpha value is -1.35. The summed E-state index contributed by atoms with van der Waals surface area (Å²) in [5.74, 6) is 0.141. The minimum Gasteiger partial charge on any atom is -0.394 e. The molecule has 0 aromatic heterocycles. The standard InChI is InChI=1S/C16H23NO2/c1-12-6-7-14(9-13(12)2)10-16(19)17-8-4-3-5-15(17)11-18/h6-7,9,15,18H,3-5,8,10-11H2,1-2H3. The van der Waals surface area contributed by atoms with E-state index in [1.165, 1.54) is 11.1 Å². The maximum Gasteiger partial charge on any atom is 0.227 e. The Morgan fingerprint density at radius 3 is 2.79 bits per heavy atom. The molecule has 0 bridgehead atoms. The molecule has 1 N–H and O–H groups in total. The van der Waals surface area contributed by atoms with Gasteiger partial charge in [-0.1, -0.05) is 18.2 Å². The van der Waals surface area contributed by atoms with E-state index in [2.05, 4.69) is 26.0 Å². The highest BCUT2D eigenvalue weighted by atomic mass is 16.3. The fraction of sp³-hybridized carbons (Fsp3) is 0.562. The monoisotopic (exact) mass is 261 g/mol. The molecule has 3 heteroatoms. The second-order valence-electron chi connectivity index (χ2n) is 5.51. The SMILES string of the molecule is Cc1ccc(CC(=O)N2CCCCC2CO)cc1C. The molecule has 104 valence electrons. The molecular weight excluding hydrogens is 238 g/mol. The molecule has 1 heterocycles. The van der Waals surface area contributed by atoms with Gasteiger partial charge in [-0.05, 0) is 49.8 Å². The smallest absolute Gasteiger partial charge is 0.227 e. The fourth-order valence-electron chi connectivity index (χ4n) is 2.71. The molecule has 1 fully saturated rings. The van der Waals surface area contributed by atoms with Gasteiger partial charge in [-0.15, -0.1) is 0 Å². The van der Waals surface area contributed by atoms with Crippen molar-refractivity contribution < 1.29 is 9.90 Å². The Kier molecular flexibility index (Phi) is 4.59. The summed E-state index contributed by atoms with van der Waals surface area (Å²) in [5, 5.41) is 9.36. The van der Waals surface area contributed by atoms with Gasteiger partial charge in [0.15, 0.2) is 0 Å². The van der Waals surface area contributed by atoms with Gasteiger partial charge in [0, 0.05) is 6.54 Å². The van der Waals surface area contributed by atoms with Gasteiger partial charge in [0.05, 0.1) is 19.1 Å². The molecule has 1 aliphatic rings. The van der Waals surface area contributed by atoms with E-state index in [0.717, 1.165) is 31.4 Å². The van der Waals surface area contributed by atoms with Crippen LogP contribution in [0.4, 0.5) is 0 Å². The van der Waals surface area contributed by atoms with E-state index < -0.39 is 0 Å². The van der Waals surface area contributed by atoms with Gasteiger partial charge in [-0.25, -0.2) is 0 Å². The van der Waals surface area contributed by atoms with Crippen molar-refractivity contribution in [2.24, 2.45) is 0 Å². The van der Waals surface area contributed by atoms with Crippen molar-refractivity contribution in [2.75, 3.05) is 13.2 Å². The summed E-state index contributed by atoms with van der Waals surface area (Å²) in [6, 6.07) is 6.20. The molecule has 2 rings (SSSR count). The molecule has 0 saturated carbocycles. The summed E-state index contributed by atoms with van der Waals surface area (Å²) in [6.45, 7) is 5.02. The van der Waals surface area contributed by atoms with Crippen LogP contribution in [0.5, 0.6) is 0 Å². The molecule has 1 saturated heterocycles. The Labute approximate surface area is 115 Å². The minimum atomic E-state index is 0.0211. The van der Waals surface area contributed by atoms with Gasteiger partial charge in [-0.3, -0.25) is 4.79 Å². The van der Waals surface area contributed by atoms with Gasteiger partial charge in [0.25, 0.3) is 0 Å². The Balaban J connectivity index is 2.05. The second-order valence-corrected chi connectivity index (χ2v) is 5.51. The fourth-order valence-corrected chi connectivity index (χ4v) is 2.71. The molecular formula is C16H23NO2. The van der Waals surface area contributed by atoms with Crippen LogP contribution in [-0.4, -0.2) is 35.1 Å². The number of nitrogens with zero attached hydrogens (tertiary/aromatic N) is 1. The van der Waals surface area contributed by atoms with Crippen LogP contribution in [0.3, 0.4) is 0 Å². The highest BCUT2D eigenvalue weighted by Crippen LogP contribution is 2.18. The Morgan fingerprint density at radius 1 is 1.32 bits per heavy atom. The van der Waals surface area contributed by atoms with Gasteiger partial charge in [-0.2, -0.15) is 0 Å². The van der Waals surface area contributed by atoms with E-state index in [9.17, 15) is 9.90 Å². The second kappa shape index (κ2) is 6.20. The first-order valence-electron chi connectivity index (χ1n) is 7.08. The van der Waals surface area contributed by atoms with Crippen molar-refractivity contribution >= 4 is 5.91 Å². The number of rotatable bonds is 3. The van der Waals surface area contributed by atoms with E-state index >= 15 is 0 Å². The van der Waals surface area contributed by atoms with Crippen molar-refractivity contribution in [2.45, 2.75) is 45.6 Å². The van der Waals surface area contributed by atoms with Crippen LogP contribution in [0.15, 0.2) is 18.2 Å². The number of benzene rings is 1. The zero-order valence-electron chi connectivity index (χ0n) is 11.9. The molecule has 1 amide bonds. The normalized spacial score (nSPS) is 19.5. The first-order valence-corrected chi connectivity index (χ1v) is 7.08. The predicted molar refractivity (Wildman–Crippen MR) is 76.1 cm³/mol. The van der Waals surface area contributed by atoms with Crippen LogP contribution in [0.2, 0.25) is 0 Å². The van der Waals surface area contributed by atoms with Crippen LogP contribution in [0, 0.1) is 13.8 Å². The molecule has 1 aromatic carbocycles. The van der Waals surface area contributed by atoms with Crippen LogP contribution in [0.1, 0.15) is 36.0 Å². The number of aliphatic hydroxyl groups excluding tert-OH is 1. The molecule has 1 atom stereocenters. The Bertz CT molecular complexity index is 456. The third-order valence-electron chi connectivity index (χ3n) is 4.08. The summed E-state index contributed by atoms with van der Waals surface area (Å²) in [6.07, 6.45) is 3.53. The zero-order valence-corrected chi connectivity index (χ0v) is 11.9. The topological polar surface area (TPSA) is 40.5 Å². The number of amides is 1. The maximum absolute atomic E-state index is 12.3. The van der Waals surface area contributed by atoms with Gasteiger partial charge in [0.2, 0.25) is 5.91 Å². The quantitative estimate of drug-likeness (QED) is 0.906. The first-order chi connectivity index (χ1) is 9.11. The Morgan fingerprint density at radius 2 is 2.11 bits per heavy atom. The molecule has 19 heavy (non-hydrogen) atoms. The van der Waals surface area contributed by atoms with E-state index in [4.69, 9.17) is 0 Å². The molecule has 1 aromatic rings. The summed E-state index contributed by atoms with van der Waals surface area (Å²) >= 11 is 0. The molecule has 1 aliphatic heterocycles. The minimum absolute atomic E-state index is 0.0211. The van der Waals surface area contributed by atoms with E-state index in [-0.39, 0.29) is 18.6 Å². The van der Waals surface area contributed by atoms with Crippen LogP contribution in [0.25, 0.3) is 0 Å². The maximum atomic E-state index is 12.3. The number of likely N-dealkylation sites (tertiary alicyclic amines) is 1. The lowest BCUT2D eigenvalue weighted by Crippen LogP contribution is -2.46. The number of aliphatic hydroxyl groups is 1. The third-order valence-corrected chi connectivity index (χ3v) is 4.08. The van der Waals surface area contributed by atoms with E-state index in [1.54, 1.807) is 0 Å². The summed E-state index contributed by atoms with van der Waals surface area (Å²) < 4.78 is 0. The number of aryl methyl sites for hydroxylation is 2. The van der Waals surface area contributed by atoms with Crippen molar-refractivity contribution in [3.05, 3.63) is 34.9 Å². The number of piperidine rings is 1. The predicted octanol–water partition coefficient (Wildman–Crippen LogP) is 2.22. The first kappa shape index (κ1) is 14.1. The third kappa shape index (κ3) is 3.35. The lowest BCUT2D eigenvalue weighted by molar-refractivity contribution is -0.135. The van der Waals surface area contributed by atoms with Crippen LogP contribution in [-0.2, 0) is 11.2 Å². The van der Waals surface area contributed by atoms with Gasteiger partial charge in [0.1, 0.15) is 0 Å².